The van der Waals surface area contributed by atoms with Crippen LogP contribution >= 0.6 is 0 Å². The number of benzene rings is 1. The summed E-state index contributed by atoms with van der Waals surface area (Å²) in [4.78, 5) is 21.2. The summed E-state index contributed by atoms with van der Waals surface area (Å²) in [7, 11) is 0. The second-order valence-corrected chi connectivity index (χ2v) is 3.17. The Hall–Kier alpha value is -2.04. The van der Waals surface area contributed by atoms with Crippen LogP contribution in [0, 0.1) is 5.92 Å². The molecule has 1 rings (SSSR count). The molecule has 5 heteroatoms. The number of anilines is 1. The van der Waals surface area contributed by atoms with Crippen LogP contribution < -0.4 is 5.73 Å². The lowest BCUT2D eigenvalue weighted by Crippen LogP contribution is -2.25. The van der Waals surface area contributed by atoms with E-state index in [9.17, 15) is 9.59 Å². The lowest BCUT2D eigenvalue weighted by atomic mass is 9.99. The first-order valence-corrected chi connectivity index (χ1v) is 4.30. The molecule has 0 heterocycles. The fraction of sp³-hybridized carbons (Fsp3) is 0.200. The van der Waals surface area contributed by atoms with Gasteiger partial charge in [0.1, 0.15) is 0 Å². The zero-order valence-electron chi connectivity index (χ0n) is 7.88. The number of rotatable bonds is 4. The van der Waals surface area contributed by atoms with Crippen molar-refractivity contribution in [3.63, 3.8) is 0 Å². The highest BCUT2D eigenvalue weighted by molar-refractivity contribution is 5.93. The van der Waals surface area contributed by atoms with E-state index in [0.717, 1.165) is 0 Å². The van der Waals surface area contributed by atoms with Crippen LogP contribution in [0.5, 0.6) is 0 Å². The fourth-order valence-electron chi connectivity index (χ4n) is 1.17. The van der Waals surface area contributed by atoms with Gasteiger partial charge in [-0.2, -0.15) is 0 Å². The Balaban J connectivity index is 2.79. The fourth-order valence-corrected chi connectivity index (χ4v) is 1.17. The third kappa shape index (κ3) is 2.98. The van der Waals surface area contributed by atoms with Gasteiger partial charge in [-0.15, -0.1) is 0 Å². The number of nitrogens with two attached hydrogens (primary N) is 1. The monoisotopic (exact) mass is 209 g/mol. The highest BCUT2D eigenvalue weighted by atomic mass is 16.4. The number of hydrogen-bond acceptors (Lipinski definition) is 3. The van der Waals surface area contributed by atoms with Crippen LogP contribution in [-0.4, -0.2) is 22.2 Å². The van der Waals surface area contributed by atoms with E-state index < -0.39 is 17.9 Å². The predicted molar refractivity (Wildman–Crippen MR) is 53.3 cm³/mol. The number of carboxylic acid groups (broad SMARTS) is 2. The molecule has 4 N–H and O–H groups in total. The molecule has 0 unspecified atom stereocenters. The average Bonchev–Trinajstić information content (AvgIpc) is 2.15. The van der Waals surface area contributed by atoms with Crippen molar-refractivity contribution in [3.05, 3.63) is 29.8 Å². The Labute approximate surface area is 86.1 Å². The van der Waals surface area contributed by atoms with Crippen LogP contribution in [0.3, 0.4) is 0 Å². The van der Waals surface area contributed by atoms with E-state index in [1.807, 2.05) is 0 Å². The second-order valence-electron chi connectivity index (χ2n) is 3.17. The first-order chi connectivity index (χ1) is 7.00. The van der Waals surface area contributed by atoms with Crippen LogP contribution in [-0.2, 0) is 16.0 Å². The summed E-state index contributed by atoms with van der Waals surface area (Å²) in [6.45, 7) is 0. The van der Waals surface area contributed by atoms with Crippen molar-refractivity contribution in [3.8, 4) is 0 Å². The molecule has 0 aliphatic carbocycles. The molecule has 1 aromatic rings. The minimum atomic E-state index is -1.41. The van der Waals surface area contributed by atoms with E-state index in [1.165, 1.54) is 0 Å². The third-order valence-electron chi connectivity index (χ3n) is 2.02. The summed E-state index contributed by atoms with van der Waals surface area (Å²) in [6, 6.07) is 6.45. The molecule has 0 fully saturated rings. The number of carbonyl (C=O) groups is 2. The van der Waals surface area contributed by atoms with Crippen molar-refractivity contribution in [2.75, 3.05) is 5.73 Å². The minimum Gasteiger partial charge on any atom is -0.481 e. The molecule has 0 atom stereocenters. The molecule has 5 nitrogen and oxygen atoms in total. The van der Waals surface area contributed by atoms with Gasteiger partial charge in [-0.1, -0.05) is 12.1 Å². The SMILES string of the molecule is Nc1ccc(CC(C(=O)O)C(=O)O)cc1. The van der Waals surface area contributed by atoms with Gasteiger partial charge in [0, 0.05) is 5.69 Å². The average molecular weight is 209 g/mol. The summed E-state index contributed by atoms with van der Waals surface area (Å²) >= 11 is 0. The molecule has 1 aromatic carbocycles. The molecule has 0 spiro atoms. The lowest BCUT2D eigenvalue weighted by Gasteiger charge is -2.07. The van der Waals surface area contributed by atoms with Crippen molar-refractivity contribution in [1.82, 2.24) is 0 Å². The van der Waals surface area contributed by atoms with E-state index in [4.69, 9.17) is 15.9 Å². The van der Waals surface area contributed by atoms with Gasteiger partial charge in [-0.05, 0) is 24.1 Å². The molecular weight excluding hydrogens is 198 g/mol. The highest BCUT2D eigenvalue weighted by Gasteiger charge is 2.25. The maximum atomic E-state index is 10.6. The van der Waals surface area contributed by atoms with Gasteiger partial charge in [0.05, 0.1) is 0 Å². The molecular formula is C10H11NO4. The Morgan fingerprint density at radius 1 is 1.13 bits per heavy atom. The van der Waals surface area contributed by atoms with Gasteiger partial charge in [0.2, 0.25) is 0 Å². The second kappa shape index (κ2) is 4.45. The Bertz CT molecular complexity index is 358. The van der Waals surface area contributed by atoms with Crippen LogP contribution in [0.4, 0.5) is 5.69 Å². The van der Waals surface area contributed by atoms with E-state index in [1.54, 1.807) is 24.3 Å². The summed E-state index contributed by atoms with van der Waals surface area (Å²) in [6.07, 6.45) is -0.0368. The predicted octanol–water partition coefficient (Wildman–Crippen LogP) is 0.597. The minimum absolute atomic E-state index is 0.0368. The Kier molecular flexibility index (Phi) is 3.28. The van der Waals surface area contributed by atoms with Crippen molar-refractivity contribution < 1.29 is 19.8 Å². The van der Waals surface area contributed by atoms with Gasteiger partial charge in [0.25, 0.3) is 0 Å². The molecule has 0 radical (unpaired) electrons. The number of hydrogen-bond donors (Lipinski definition) is 3. The maximum absolute atomic E-state index is 10.6. The van der Waals surface area contributed by atoms with Crippen LogP contribution in [0.1, 0.15) is 5.56 Å². The van der Waals surface area contributed by atoms with Crippen LogP contribution in [0.2, 0.25) is 0 Å². The van der Waals surface area contributed by atoms with Crippen LogP contribution in [0.15, 0.2) is 24.3 Å². The molecule has 80 valence electrons. The first-order valence-electron chi connectivity index (χ1n) is 4.30. The van der Waals surface area contributed by atoms with E-state index in [2.05, 4.69) is 0 Å². The third-order valence-corrected chi connectivity index (χ3v) is 2.02. The number of nitrogen functional groups attached to an aromatic ring is 1. The van der Waals surface area contributed by atoms with Gasteiger partial charge in [-0.3, -0.25) is 9.59 Å². The van der Waals surface area contributed by atoms with E-state index in [0.29, 0.717) is 11.3 Å². The van der Waals surface area contributed by atoms with Gasteiger partial charge in [-0.25, -0.2) is 0 Å². The van der Waals surface area contributed by atoms with E-state index >= 15 is 0 Å². The summed E-state index contributed by atoms with van der Waals surface area (Å²) in [5.41, 5.74) is 6.64. The zero-order chi connectivity index (χ0) is 11.4. The van der Waals surface area contributed by atoms with Gasteiger partial charge >= 0.3 is 11.9 Å². The van der Waals surface area contributed by atoms with Crippen molar-refractivity contribution in [2.45, 2.75) is 6.42 Å². The molecule has 0 saturated carbocycles. The van der Waals surface area contributed by atoms with Gasteiger partial charge < -0.3 is 15.9 Å². The lowest BCUT2D eigenvalue weighted by molar-refractivity contribution is -0.154. The molecule has 0 aliphatic heterocycles. The molecule has 0 bridgehead atoms. The van der Waals surface area contributed by atoms with Crippen molar-refractivity contribution in [2.24, 2.45) is 5.92 Å². The Morgan fingerprint density at radius 3 is 2.00 bits per heavy atom. The molecule has 15 heavy (non-hydrogen) atoms. The molecule has 0 aliphatic rings. The number of aliphatic carboxylic acids is 2. The zero-order valence-corrected chi connectivity index (χ0v) is 7.88. The standard InChI is InChI=1S/C10H11NO4/c11-7-3-1-6(2-4-7)5-8(9(12)13)10(14)15/h1-4,8H,5,11H2,(H,12,13)(H,14,15). The largest absolute Gasteiger partial charge is 0.481 e. The maximum Gasteiger partial charge on any atom is 0.318 e. The smallest absolute Gasteiger partial charge is 0.318 e. The molecule has 0 aromatic heterocycles. The van der Waals surface area contributed by atoms with Gasteiger partial charge in [0.15, 0.2) is 5.92 Å². The first kappa shape index (κ1) is 11.0. The highest BCUT2D eigenvalue weighted by Crippen LogP contribution is 2.11. The summed E-state index contributed by atoms with van der Waals surface area (Å²) in [5.74, 6) is -4.08. The number of carboxylic acids is 2. The Morgan fingerprint density at radius 2 is 1.60 bits per heavy atom. The van der Waals surface area contributed by atoms with E-state index in [-0.39, 0.29) is 6.42 Å². The van der Waals surface area contributed by atoms with Crippen molar-refractivity contribution in [1.29, 1.82) is 0 Å². The molecule has 0 amide bonds. The normalized spacial score (nSPS) is 10.2. The quantitative estimate of drug-likeness (QED) is 0.498. The topological polar surface area (TPSA) is 101 Å². The molecule has 0 saturated heterocycles. The van der Waals surface area contributed by atoms with Crippen molar-refractivity contribution >= 4 is 17.6 Å². The summed E-state index contributed by atoms with van der Waals surface area (Å²) < 4.78 is 0. The summed E-state index contributed by atoms with van der Waals surface area (Å²) in [5, 5.41) is 17.3. The van der Waals surface area contributed by atoms with Crippen LogP contribution in [0.25, 0.3) is 0 Å².